The summed E-state index contributed by atoms with van der Waals surface area (Å²) in [5.74, 6) is 0. The van der Waals surface area contributed by atoms with E-state index in [4.69, 9.17) is 4.98 Å². The van der Waals surface area contributed by atoms with Crippen LogP contribution in [0.5, 0.6) is 0 Å². The molecule has 2 heteroatoms. The molecule has 1 aromatic heterocycles. The van der Waals surface area contributed by atoms with Gasteiger partial charge in [-0.05, 0) is 42.8 Å². The van der Waals surface area contributed by atoms with Crippen LogP contribution in [0.25, 0.3) is 17.0 Å². The first-order valence-corrected chi connectivity index (χ1v) is 5.64. The molecule has 0 amide bonds. The molecule has 2 heterocycles. The van der Waals surface area contributed by atoms with Crippen molar-refractivity contribution in [1.82, 2.24) is 10.3 Å². The van der Waals surface area contributed by atoms with Gasteiger partial charge in [-0.2, -0.15) is 0 Å². The number of hydrogen-bond acceptors (Lipinski definition) is 2. The molecule has 0 bridgehead atoms. The van der Waals surface area contributed by atoms with Crippen molar-refractivity contribution in [2.24, 2.45) is 0 Å². The summed E-state index contributed by atoms with van der Waals surface area (Å²) in [4.78, 5) is 4.71. The van der Waals surface area contributed by atoms with Gasteiger partial charge in [-0.1, -0.05) is 18.2 Å². The quantitative estimate of drug-likeness (QED) is 0.723. The fourth-order valence-corrected chi connectivity index (χ4v) is 2.31. The minimum atomic E-state index is 0.990. The molecule has 3 rings (SSSR count). The molecule has 1 aliphatic rings. The SMILES string of the molecule is Cc1c2c(nc3ccccc13)C=CNCC2. The molecule has 1 aliphatic heterocycles. The summed E-state index contributed by atoms with van der Waals surface area (Å²) in [6, 6.07) is 8.35. The first-order chi connectivity index (χ1) is 7.86. The molecule has 80 valence electrons. The summed E-state index contributed by atoms with van der Waals surface area (Å²) in [7, 11) is 0. The van der Waals surface area contributed by atoms with E-state index < -0.39 is 0 Å². The highest BCUT2D eigenvalue weighted by molar-refractivity contribution is 5.84. The zero-order chi connectivity index (χ0) is 11.0. The van der Waals surface area contributed by atoms with Crippen LogP contribution in [0, 0.1) is 6.92 Å². The lowest BCUT2D eigenvalue weighted by Gasteiger charge is -2.10. The number of benzene rings is 1. The monoisotopic (exact) mass is 210 g/mol. The number of para-hydroxylation sites is 1. The van der Waals surface area contributed by atoms with Gasteiger partial charge >= 0.3 is 0 Å². The molecule has 1 N–H and O–H groups in total. The van der Waals surface area contributed by atoms with Crippen LogP contribution in [-0.4, -0.2) is 11.5 Å². The second kappa shape index (κ2) is 3.63. The average Bonchev–Trinajstić information content (AvgIpc) is 2.55. The van der Waals surface area contributed by atoms with Crippen molar-refractivity contribution in [1.29, 1.82) is 0 Å². The molecule has 16 heavy (non-hydrogen) atoms. The third-order valence-corrected chi connectivity index (χ3v) is 3.19. The standard InChI is InChI=1S/C14H14N2/c1-10-11-4-2-3-5-13(11)16-14-7-9-15-8-6-12(10)14/h2-5,7,9,15H,6,8H2,1H3. The number of aryl methyl sites for hydroxylation is 1. The van der Waals surface area contributed by atoms with E-state index in [9.17, 15) is 0 Å². The zero-order valence-corrected chi connectivity index (χ0v) is 9.33. The van der Waals surface area contributed by atoms with Crippen LogP contribution in [0.4, 0.5) is 0 Å². The Morgan fingerprint density at radius 3 is 3.06 bits per heavy atom. The third-order valence-electron chi connectivity index (χ3n) is 3.19. The minimum absolute atomic E-state index is 0.990. The predicted molar refractivity (Wildman–Crippen MR) is 67.2 cm³/mol. The van der Waals surface area contributed by atoms with Gasteiger partial charge in [0.25, 0.3) is 0 Å². The molecule has 0 aliphatic carbocycles. The van der Waals surface area contributed by atoms with Crippen LogP contribution in [0.2, 0.25) is 0 Å². The highest BCUT2D eigenvalue weighted by Gasteiger charge is 2.11. The number of rotatable bonds is 0. The van der Waals surface area contributed by atoms with E-state index in [0.717, 1.165) is 24.2 Å². The van der Waals surface area contributed by atoms with Crippen LogP contribution in [-0.2, 0) is 6.42 Å². The predicted octanol–water partition coefficient (Wildman–Crippen LogP) is 2.66. The third kappa shape index (κ3) is 1.38. The second-order valence-corrected chi connectivity index (χ2v) is 4.16. The van der Waals surface area contributed by atoms with E-state index in [0.29, 0.717) is 0 Å². The van der Waals surface area contributed by atoms with Crippen molar-refractivity contribution in [3.05, 3.63) is 47.3 Å². The maximum atomic E-state index is 4.71. The van der Waals surface area contributed by atoms with E-state index in [-0.39, 0.29) is 0 Å². The topological polar surface area (TPSA) is 24.9 Å². The summed E-state index contributed by atoms with van der Waals surface area (Å²) in [5.41, 5.74) is 4.94. The molecule has 2 nitrogen and oxygen atoms in total. The molecule has 2 aromatic rings. The minimum Gasteiger partial charge on any atom is -0.390 e. The van der Waals surface area contributed by atoms with Gasteiger partial charge in [0, 0.05) is 11.9 Å². The smallest absolute Gasteiger partial charge is 0.0712 e. The summed E-state index contributed by atoms with van der Waals surface area (Å²) in [5, 5.41) is 4.53. The first-order valence-electron chi connectivity index (χ1n) is 5.64. The number of aromatic nitrogens is 1. The maximum Gasteiger partial charge on any atom is 0.0712 e. The molecule has 0 unspecified atom stereocenters. The summed E-state index contributed by atoms with van der Waals surface area (Å²) >= 11 is 0. The van der Waals surface area contributed by atoms with Gasteiger partial charge in [-0.15, -0.1) is 0 Å². The maximum absolute atomic E-state index is 4.71. The van der Waals surface area contributed by atoms with E-state index in [1.54, 1.807) is 0 Å². The Kier molecular flexibility index (Phi) is 2.13. The molecular weight excluding hydrogens is 196 g/mol. The number of fused-ring (bicyclic) bond motifs is 2. The van der Waals surface area contributed by atoms with Gasteiger partial charge in [0.1, 0.15) is 0 Å². The van der Waals surface area contributed by atoms with Crippen LogP contribution < -0.4 is 5.32 Å². The average molecular weight is 210 g/mol. The van der Waals surface area contributed by atoms with E-state index in [2.05, 4.69) is 36.5 Å². The van der Waals surface area contributed by atoms with Crippen molar-refractivity contribution in [2.75, 3.05) is 6.54 Å². The van der Waals surface area contributed by atoms with Gasteiger partial charge in [0.05, 0.1) is 11.2 Å². The van der Waals surface area contributed by atoms with Gasteiger partial charge in [-0.3, -0.25) is 0 Å². The fourth-order valence-electron chi connectivity index (χ4n) is 2.31. The lowest BCUT2D eigenvalue weighted by molar-refractivity contribution is 0.838. The highest BCUT2D eigenvalue weighted by Crippen LogP contribution is 2.24. The molecular formula is C14H14N2. The van der Waals surface area contributed by atoms with E-state index >= 15 is 0 Å². The molecule has 0 saturated carbocycles. The Labute approximate surface area is 95.0 Å². The Balaban J connectivity index is 2.36. The Morgan fingerprint density at radius 2 is 2.12 bits per heavy atom. The highest BCUT2D eigenvalue weighted by atomic mass is 14.8. The Morgan fingerprint density at radius 1 is 1.25 bits per heavy atom. The van der Waals surface area contributed by atoms with Gasteiger partial charge in [-0.25, -0.2) is 4.98 Å². The van der Waals surface area contributed by atoms with Crippen molar-refractivity contribution < 1.29 is 0 Å². The lowest BCUT2D eigenvalue weighted by Crippen LogP contribution is -2.08. The van der Waals surface area contributed by atoms with Crippen LogP contribution in [0.15, 0.2) is 30.5 Å². The number of hydrogen-bond donors (Lipinski definition) is 1. The lowest BCUT2D eigenvalue weighted by atomic mass is 9.99. The van der Waals surface area contributed by atoms with Gasteiger partial charge in [0.15, 0.2) is 0 Å². The molecule has 0 radical (unpaired) electrons. The Bertz CT molecular complexity index is 570. The number of pyridine rings is 1. The van der Waals surface area contributed by atoms with Crippen molar-refractivity contribution in [3.63, 3.8) is 0 Å². The van der Waals surface area contributed by atoms with Gasteiger partial charge in [0.2, 0.25) is 0 Å². The number of nitrogens with one attached hydrogen (secondary N) is 1. The summed E-state index contributed by atoms with van der Waals surface area (Å²) in [6.45, 7) is 3.19. The molecule has 0 spiro atoms. The van der Waals surface area contributed by atoms with Crippen molar-refractivity contribution >= 4 is 17.0 Å². The number of nitrogens with zero attached hydrogens (tertiary/aromatic N) is 1. The van der Waals surface area contributed by atoms with Gasteiger partial charge < -0.3 is 5.32 Å². The van der Waals surface area contributed by atoms with E-state index in [1.165, 1.54) is 16.5 Å². The second-order valence-electron chi connectivity index (χ2n) is 4.16. The molecule has 0 fully saturated rings. The first kappa shape index (κ1) is 9.40. The largest absolute Gasteiger partial charge is 0.390 e. The normalized spacial score (nSPS) is 14.3. The summed E-state index contributed by atoms with van der Waals surface area (Å²) < 4.78 is 0. The van der Waals surface area contributed by atoms with Crippen molar-refractivity contribution in [2.45, 2.75) is 13.3 Å². The van der Waals surface area contributed by atoms with Crippen LogP contribution in [0.1, 0.15) is 16.8 Å². The molecule has 1 aromatic carbocycles. The Hall–Kier alpha value is -1.83. The van der Waals surface area contributed by atoms with Crippen LogP contribution in [0.3, 0.4) is 0 Å². The van der Waals surface area contributed by atoms with E-state index in [1.807, 2.05) is 12.3 Å². The van der Waals surface area contributed by atoms with Crippen LogP contribution >= 0.6 is 0 Å². The zero-order valence-electron chi connectivity index (χ0n) is 9.33. The molecule has 0 atom stereocenters. The fraction of sp³-hybridized carbons (Fsp3) is 0.214. The molecule has 0 saturated heterocycles. The summed E-state index contributed by atoms with van der Waals surface area (Å²) in [6.07, 6.45) is 5.11. The van der Waals surface area contributed by atoms with Crippen molar-refractivity contribution in [3.8, 4) is 0 Å².